The number of amides is 1. The number of rotatable bonds is 12. The van der Waals surface area contributed by atoms with Gasteiger partial charge in [0.2, 0.25) is 0 Å². The maximum atomic E-state index is 12.0. The van der Waals surface area contributed by atoms with E-state index in [1.807, 2.05) is 72.8 Å². The fraction of sp³-hybridized carbons (Fsp3) is 0.296. The molecule has 37 heavy (non-hydrogen) atoms. The summed E-state index contributed by atoms with van der Waals surface area (Å²) >= 11 is 8.17. The number of ether oxygens (including phenoxy) is 2. The lowest BCUT2D eigenvalue weighted by Gasteiger charge is -2.20. The molecule has 1 fully saturated rings. The third kappa shape index (κ3) is 8.39. The molecule has 1 aliphatic rings. The van der Waals surface area contributed by atoms with Crippen LogP contribution in [0.4, 0.5) is 4.79 Å². The molecule has 7 nitrogen and oxygen atoms in total. The summed E-state index contributed by atoms with van der Waals surface area (Å²) in [5.74, 6) is 0.803. The lowest BCUT2D eigenvalue weighted by atomic mass is 10.1. The van der Waals surface area contributed by atoms with Crippen LogP contribution < -0.4 is 4.74 Å². The molecule has 4 rings (SSSR count). The molecule has 1 atom stereocenters. The number of hydrogen-bond acceptors (Lipinski definition) is 7. The standard InChI is InChI=1S/C27H28ClNO6S2/c1-37(31,32)35-19-22-18-34-27(30)29(22)14-6-9-21-12-13-25(16-26(21)28)36-24-11-5-10-23(15-24)33-17-20-7-3-2-4-8-20/h2-5,7-8,10-13,15-16,22H,6,9,14,17-19H2,1H3. The minimum absolute atomic E-state index is 0.111. The van der Waals surface area contributed by atoms with Crippen molar-refractivity contribution in [2.75, 3.05) is 26.0 Å². The van der Waals surface area contributed by atoms with Crippen LogP contribution >= 0.6 is 23.4 Å². The zero-order chi connectivity index (χ0) is 26.3. The van der Waals surface area contributed by atoms with E-state index in [1.165, 1.54) is 4.90 Å². The van der Waals surface area contributed by atoms with Crippen molar-refractivity contribution in [1.82, 2.24) is 4.90 Å². The minimum Gasteiger partial charge on any atom is -0.489 e. The summed E-state index contributed by atoms with van der Waals surface area (Å²) in [5.41, 5.74) is 2.09. The van der Waals surface area contributed by atoms with E-state index in [-0.39, 0.29) is 13.2 Å². The van der Waals surface area contributed by atoms with E-state index in [4.69, 9.17) is 25.3 Å². The normalized spacial score (nSPS) is 15.6. The summed E-state index contributed by atoms with van der Waals surface area (Å²) in [7, 11) is -3.59. The number of carbonyl (C=O) groups excluding carboxylic acids is 1. The number of benzene rings is 3. The predicted octanol–water partition coefficient (Wildman–Crippen LogP) is 5.80. The van der Waals surface area contributed by atoms with E-state index in [0.717, 1.165) is 32.9 Å². The van der Waals surface area contributed by atoms with Crippen molar-refractivity contribution < 1.29 is 26.9 Å². The third-order valence-electron chi connectivity index (χ3n) is 5.71. The molecule has 1 unspecified atom stereocenters. The Bertz CT molecular complexity index is 1320. The van der Waals surface area contributed by atoms with Gasteiger partial charge in [-0.3, -0.25) is 9.08 Å². The molecule has 0 bridgehead atoms. The summed E-state index contributed by atoms with van der Waals surface area (Å²) in [5, 5.41) is 0.655. The van der Waals surface area contributed by atoms with E-state index < -0.39 is 22.3 Å². The van der Waals surface area contributed by atoms with Crippen LogP contribution in [0.2, 0.25) is 5.02 Å². The van der Waals surface area contributed by atoms with Crippen LogP contribution in [0.5, 0.6) is 5.75 Å². The molecule has 0 spiro atoms. The summed E-state index contributed by atoms with van der Waals surface area (Å²) in [6.45, 7) is 0.921. The molecule has 1 aliphatic heterocycles. The molecular formula is C27H28ClNO6S2. The molecule has 1 saturated heterocycles. The van der Waals surface area contributed by atoms with Gasteiger partial charge in [-0.2, -0.15) is 8.42 Å². The largest absolute Gasteiger partial charge is 0.489 e. The Morgan fingerprint density at radius 1 is 1.05 bits per heavy atom. The monoisotopic (exact) mass is 561 g/mol. The molecule has 0 radical (unpaired) electrons. The molecule has 0 N–H and O–H groups in total. The van der Waals surface area contributed by atoms with Gasteiger partial charge in [0.25, 0.3) is 10.1 Å². The highest BCUT2D eigenvalue weighted by Crippen LogP contribution is 2.33. The van der Waals surface area contributed by atoms with Crippen molar-refractivity contribution in [2.24, 2.45) is 0 Å². The Balaban J connectivity index is 1.29. The molecule has 1 amide bonds. The van der Waals surface area contributed by atoms with Gasteiger partial charge in [-0.25, -0.2) is 4.79 Å². The van der Waals surface area contributed by atoms with Crippen molar-refractivity contribution >= 4 is 39.6 Å². The summed E-state index contributed by atoms with van der Waals surface area (Å²) in [6.07, 6.45) is 1.83. The van der Waals surface area contributed by atoms with Crippen molar-refractivity contribution in [3.8, 4) is 5.75 Å². The van der Waals surface area contributed by atoms with Crippen LogP contribution in [0.25, 0.3) is 0 Å². The van der Waals surface area contributed by atoms with E-state index in [0.29, 0.717) is 31.0 Å². The highest BCUT2D eigenvalue weighted by atomic mass is 35.5. The highest BCUT2D eigenvalue weighted by Gasteiger charge is 2.33. The number of aryl methyl sites for hydroxylation is 1. The van der Waals surface area contributed by atoms with Gasteiger partial charge in [0.1, 0.15) is 19.0 Å². The van der Waals surface area contributed by atoms with Gasteiger partial charge in [-0.15, -0.1) is 0 Å². The average Bonchev–Trinajstić information content (AvgIpc) is 3.22. The van der Waals surface area contributed by atoms with Gasteiger partial charge < -0.3 is 9.47 Å². The fourth-order valence-corrected chi connectivity index (χ4v) is 5.49. The highest BCUT2D eigenvalue weighted by molar-refractivity contribution is 7.99. The van der Waals surface area contributed by atoms with E-state index in [1.54, 1.807) is 11.8 Å². The summed E-state index contributed by atoms with van der Waals surface area (Å²) in [6, 6.07) is 23.5. The second-order valence-corrected chi connectivity index (χ2v) is 11.8. The Labute approximate surface area is 226 Å². The van der Waals surface area contributed by atoms with Crippen LogP contribution in [0.1, 0.15) is 17.5 Å². The van der Waals surface area contributed by atoms with Crippen LogP contribution in [0.3, 0.4) is 0 Å². The average molecular weight is 562 g/mol. The van der Waals surface area contributed by atoms with Crippen molar-refractivity contribution in [3.63, 3.8) is 0 Å². The van der Waals surface area contributed by atoms with Crippen molar-refractivity contribution in [1.29, 1.82) is 0 Å². The molecule has 1 heterocycles. The first kappa shape index (κ1) is 27.3. The molecule has 0 aliphatic carbocycles. The summed E-state index contributed by atoms with van der Waals surface area (Å²) in [4.78, 5) is 15.6. The van der Waals surface area contributed by atoms with Crippen LogP contribution in [0.15, 0.2) is 82.6 Å². The summed E-state index contributed by atoms with van der Waals surface area (Å²) < 4.78 is 38.4. The van der Waals surface area contributed by atoms with E-state index in [9.17, 15) is 13.2 Å². The lowest BCUT2D eigenvalue weighted by molar-refractivity contribution is 0.155. The van der Waals surface area contributed by atoms with Gasteiger partial charge in [0.15, 0.2) is 0 Å². The van der Waals surface area contributed by atoms with Gasteiger partial charge in [-0.1, -0.05) is 65.8 Å². The maximum Gasteiger partial charge on any atom is 0.410 e. The second kappa shape index (κ2) is 12.7. The van der Waals surface area contributed by atoms with Crippen molar-refractivity contribution in [3.05, 3.63) is 88.9 Å². The Kier molecular flexibility index (Phi) is 9.37. The SMILES string of the molecule is CS(=O)(=O)OCC1COC(=O)N1CCCc1ccc(Sc2cccc(OCc3ccccc3)c2)cc1Cl. The molecule has 196 valence electrons. The van der Waals surface area contributed by atoms with Crippen LogP contribution in [-0.2, 0) is 32.1 Å². The first-order valence-corrected chi connectivity index (χ1v) is 14.8. The zero-order valence-electron chi connectivity index (χ0n) is 20.3. The Morgan fingerprint density at radius 3 is 2.59 bits per heavy atom. The Morgan fingerprint density at radius 2 is 1.84 bits per heavy atom. The first-order valence-electron chi connectivity index (χ1n) is 11.8. The van der Waals surface area contributed by atoms with Gasteiger partial charge >= 0.3 is 6.09 Å². The molecule has 3 aromatic carbocycles. The smallest absolute Gasteiger partial charge is 0.410 e. The molecule has 0 aromatic heterocycles. The molecule has 10 heteroatoms. The van der Waals surface area contributed by atoms with E-state index >= 15 is 0 Å². The number of cyclic esters (lactones) is 1. The number of hydrogen-bond donors (Lipinski definition) is 0. The maximum absolute atomic E-state index is 12.0. The van der Waals surface area contributed by atoms with E-state index in [2.05, 4.69) is 0 Å². The van der Waals surface area contributed by atoms with Gasteiger partial charge in [0.05, 0.1) is 18.9 Å². The third-order valence-corrected chi connectivity index (χ3v) is 7.60. The Hall–Kier alpha value is -2.72. The number of carbonyl (C=O) groups is 1. The van der Waals surface area contributed by atoms with Gasteiger partial charge in [0, 0.05) is 21.4 Å². The quantitative estimate of drug-likeness (QED) is 0.258. The van der Waals surface area contributed by atoms with Crippen molar-refractivity contribution in [2.45, 2.75) is 35.3 Å². The number of nitrogens with zero attached hydrogens (tertiary/aromatic N) is 1. The van der Waals surface area contributed by atoms with Gasteiger partial charge in [-0.05, 0) is 54.3 Å². The zero-order valence-corrected chi connectivity index (χ0v) is 22.7. The molecule has 0 saturated carbocycles. The predicted molar refractivity (Wildman–Crippen MR) is 144 cm³/mol. The number of halogens is 1. The first-order chi connectivity index (χ1) is 17.8. The topological polar surface area (TPSA) is 82.1 Å². The van der Waals surface area contributed by atoms with Crippen LogP contribution in [-0.4, -0.2) is 51.5 Å². The fourth-order valence-electron chi connectivity index (χ4n) is 3.84. The molecule has 3 aromatic rings. The second-order valence-electron chi connectivity index (χ2n) is 8.62. The minimum atomic E-state index is -3.59. The molecular weight excluding hydrogens is 534 g/mol. The lowest BCUT2D eigenvalue weighted by Crippen LogP contribution is -2.38. The van der Waals surface area contributed by atoms with Crippen LogP contribution in [0, 0.1) is 0 Å².